The van der Waals surface area contributed by atoms with Crippen molar-refractivity contribution in [2.45, 2.75) is 0 Å². The fourth-order valence-corrected chi connectivity index (χ4v) is 3.97. The number of carbonyl (C=O) groups excluding carboxylic acids is 1. The molecular formula is C9H12O6S2. The molecule has 1 heterocycles. The van der Waals surface area contributed by atoms with E-state index in [4.69, 9.17) is 4.42 Å². The molecule has 6 nitrogen and oxygen atoms in total. The van der Waals surface area contributed by atoms with Crippen LogP contribution >= 0.6 is 0 Å². The van der Waals surface area contributed by atoms with E-state index >= 15 is 0 Å². The van der Waals surface area contributed by atoms with Crippen LogP contribution in [-0.2, 0) is 19.7 Å². The Balaban J connectivity index is 2.65. The van der Waals surface area contributed by atoms with E-state index in [2.05, 4.69) is 0 Å². The Morgan fingerprint density at radius 3 is 2.35 bits per heavy atom. The number of carbonyl (C=O) groups is 1. The van der Waals surface area contributed by atoms with Gasteiger partial charge in [0, 0.05) is 6.26 Å². The predicted octanol–water partition coefficient (Wildman–Crippen LogP) is -0.0783. The summed E-state index contributed by atoms with van der Waals surface area (Å²) >= 11 is 0. The Morgan fingerprint density at radius 1 is 1.24 bits per heavy atom. The molecule has 0 aromatic carbocycles. The number of ketones is 1. The average Bonchev–Trinajstić information content (AvgIpc) is 2.66. The Hall–Kier alpha value is -1.15. The molecule has 0 atom stereocenters. The van der Waals surface area contributed by atoms with E-state index in [0.29, 0.717) is 0 Å². The molecule has 96 valence electrons. The monoisotopic (exact) mass is 280 g/mol. The number of hydrogen-bond acceptors (Lipinski definition) is 6. The van der Waals surface area contributed by atoms with Crippen molar-refractivity contribution in [3.8, 4) is 0 Å². The molecule has 0 aliphatic carbocycles. The summed E-state index contributed by atoms with van der Waals surface area (Å²) in [7, 11) is -7.09. The van der Waals surface area contributed by atoms with E-state index in [-0.39, 0.29) is 5.76 Å². The van der Waals surface area contributed by atoms with Gasteiger partial charge in [-0.1, -0.05) is 0 Å². The van der Waals surface area contributed by atoms with E-state index in [9.17, 15) is 21.6 Å². The van der Waals surface area contributed by atoms with Crippen molar-refractivity contribution in [3.05, 3.63) is 24.2 Å². The van der Waals surface area contributed by atoms with Crippen molar-refractivity contribution >= 4 is 25.5 Å². The van der Waals surface area contributed by atoms with E-state index < -0.39 is 42.7 Å². The van der Waals surface area contributed by atoms with Crippen molar-refractivity contribution in [2.75, 3.05) is 23.5 Å². The summed E-state index contributed by atoms with van der Waals surface area (Å²) < 4.78 is 49.3. The molecule has 1 aromatic rings. The lowest BCUT2D eigenvalue weighted by Gasteiger charge is -2.01. The highest BCUT2D eigenvalue weighted by Crippen LogP contribution is 2.04. The number of rotatable bonds is 6. The third-order valence-corrected chi connectivity index (χ3v) is 4.64. The zero-order valence-electron chi connectivity index (χ0n) is 9.12. The second-order valence-corrected chi connectivity index (χ2v) is 8.07. The molecule has 0 aliphatic heterocycles. The number of Topliss-reactive ketones (excluding diaryl/α,β-unsaturated/α-hetero) is 1. The highest BCUT2D eigenvalue weighted by Gasteiger charge is 2.21. The fraction of sp³-hybridized carbons (Fsp3) is 0.444. The Morgan fingerprint density at radius 2 is 1.88 bits per heavy atom. The van der Waals surface area contributed by atoms with Gasteiger partial charge in [0.25, 0.3) is 0 Å². The van der Waals surface area contributed by atoms with Gasteiger partial charge >= 0.3 is 0 Å². The Labute approximate surface area is 99.5 Å². The molecule has 17 heavy (non-hydrogen) atoms. The zero-order chi connectivity index (χ0) is 13.1. The van der Waals surface area contributed by atoms with Gasteiger partial charge in [0.05, 0.1) is 17.8 Å². The van der Waals surface area contributed by atoms with Gasteiger partial charge in [-0.25, -0.2) is 16.8 Å². The first kappa shape index (κ1) is 13.9. The smallest absolute Gasteiger partial charge is 0.212 e. The molecule has 1 aromatic heterocycles. The van der Waals surface area contributed by atoms with Crippen LogP contribution in [0.2, 0.25) is 0 Å². The Bertz CT molecular complexity index is 579. The molecule has 8 heteroatoms. The van der Waals surface area contributed by atoms with Gasteiger partial charge in [-0.05, 0) is 12.1 Å². The van der Waals surface area contributed by atoms with Crippen LogP contribution < -0.4 is 0 Å². The molecule has 0 saturated heterocycles. The summed E-state index contributed by atoms with van der Waals surface area (Å²) in [6.07, 6.45) is 2.20. The van der Waals surface area contributed by atoms with Crippen LogP contribution in [0, 0.1) is 0 Å². The van der Waals surface area contributed by atoms with Crippen LogP contribution in [0.3, 0.4) is 0 Å². The molecule has 0 saturated carbocycles. The third-order valence-electron chi connectivity index (χ3n) is 1.91. The quantitative estimate of drug-likeness (QED) is 0.676. The van der Waals surface area contributed by atoms with Crippen LogP contribution in [0.5, 0.6) is 0 Å². The maximum Gasteiger partial charge on any atom is 0.212 e. The SMILES string of the molecule is CS(=O)(=O)CCS(=O)(=O)CC(=O)c1ccco1. The molecule has 0 N–H and O–H groups in total. The van der Waals surface area contributed by atoms with Gasteiger partial charge in [-0.3, -0.25) is 4.79 Å². The van der Waals surface area contributed by atoms with Gasteiger partial charge in [0.1, 0.15) is 15.6 Å². The van der Waals surface area contributed by atoms with Crippen LogP contribution in [-0.4, -0.2) is 46.1 Å². The van der Waals surface area contributed by atoms with Crippen LogP contribution in [0.25, 0.3) is 0 Å². The molecular weight excluding hydrogens is 268 g/mol. The summed E-state index contributed by atoms with van der Waals surface area (Å²) in [5, 5.41) is 0. The highest BCUT2D eigenvalue weighted by molar-refractivity contribution is 7.95. The zero-order valence-corrected chi connectivity index (χ0v) is 10.8. The van der Waals surface area contributed by atoms with Gasteiger partial charge in [-0.15, -0.1) is 0 Å². The highest BCUT2D eigenvalue weighted by atomic mass is 32.2. The van der Waals surface area contributed by atoms with E-state index in [1.54, 1.807) is 0 Å². The molecule has 0 unspecified atom stereocenters. The summed E-state index contributed by atoms with van der Waals surface area (Å²) in [5.41, 5.74) is 0. The van der Waals surface area contributed by atoms with Crippen molar-refractivity contribution in [1.29, 1.82) is 0 Å². The van der Waals surface area contributed by atoms with E-state index in [1.807, 2.05) is 0 Å². The third kappa shape index (κ3) is 5.14. The lowest BCUT2D eigenvalue weighted by atomic mass is 10.3. The molecule has 0 amide bonds. The van der Waals surface area contributed by atoms with E-state index in [0.717, 1.165) is 6.26 Å². The first-order chi connectivity index (χ1) is 7.70. The van der Waals surface area contributed by atoms with Gasteiger partial charge in [0.15, 0.2) is 15.6 Å². The Kier molecular flexibility index (Phi) is 4.10. The van der Waals surface area contributed by atoms with Crippen LogP contribution in [0.4, 0.5) is 0 Å². The second-order valence-electron chi connectivity index (χ2n) is 3.62. The summed E-state index contributed by atoms with van der Waals surface area (Å²) in [4.78, 5) is 11.4. The summed E-state index contributed by atoms with van der Waals surface area (Å²) in [6.45, 7) is 0. The molecule has 0 aliphatic rings. The van der Waals surface area contributed by atoms with Gasteiger partial charge < -0.3 is 4.42 Å². The average molecular weight is 280 g/mol. The summed E-state index contributed by atoms with van der Waals surface area (Å²) in [6, 6.07) is 2.82. The van der Waals surface area contributed by atoms with Crippen molar-refractivity contribution < 1.29 is 26.0 Å². The molecule has 0 spiro atoms. The standard InChI is InChI=1S/C9H12O6S2/c1-16(11,12)5-6-17(13,14)7-8(10)9-3-2-4-15-9/h2-4H,5-7H2,1H3. The fourth-order valence-electron chi connectivity index (χ4n) is 1.06. The lowest BCUT2D eigenvalue weighted by Crippen LogP contribution is -2.23. The van der Waals surface area contributed by atoms with Crippen LogP contribution in [0.1, 0.15) is 10.6 Å². The van der Waals surface area contributed by atoms with Gasteiger partial charge in [-0.2, -0.15) is 0 Å². The van der Waals surface area contributed by atoms with Crippen molar-refractivity contribution in [1.82, 2.24) is 0 Å². The number of hydrogen-bond donors (Lipinski definition) is 0. The minimum Gasteiger partial charge on any atom is -0.461 e. The molecule has 0 fully saturated rings. The number of furan rings is 1. The predicted molar refractivity (Wildman–Crippen MR) is 61.4 cm³/mol. The topological polar surface area (TPSA) is 98.5 Å². The second kappa shape index (κ2) is 5.01. The summed E-state index contributed by atoms with van der Waals surface area (Å²) in [5.74, 6) is -2.51. The number of sulfone groups is 2. The largest absolute Gasteiger partial charge is 0.461 e. The first-order valence-corrected chi connectivity index (χ1v) is 8.53. The van der Waals surface area contributed by atoms with Crippen LogP contribution in [0.15, 0.2) is 22.8 Å². The van der Waals surface area contributed by atoms with Gasteiger partial charge in [0.2, 0.25) is 5.78 Å². The minimum absolute atomic E-state index is 0.0482. The molecule has 1 rings (SSSR count). The normalized spacial score (nSPS) is 12.5. The molecule has 0 radical (unpaired) electrons. The first-order valence-electron chi connectivity index (χ1n) is 4.64. The molecule has 0 bridgehead atoms. The van der Waals surface area contributed by atoms with Crippen molar-refractivity contribution in [2.24, 2.45) is 0 Å². The lowest BCUT2D eigenvalue weighted by molar-refractivity contribution is 0.0990. The minimum atomic E-state index is -3.73. The maximum absolute atomic E-state index is 11.5. The maximum atomic E-state index is 11.5. The van der Waals surface area contributed by atoms with Crippen molar-refractivity contribution in [3.63, 3.8) is 0 Å². The van der Waals surface area contributed by atoms with E-state index in [1.165, 1.54) is 18.4 Å².